The molecule has 2 aromatic rings. The molecule has 0 unspecified atom stereocenters. The summed E-state index contributed by atoms with van der Waals surface area (Å²) in [6.07, 6.45) is -2.90. The lowest BCUT2D eigenvalue weighted by molar-refractivity contribution is -0.139. The molecule has 124 valence electrons. The molecule has 0 bridgehead atoms. The average molecular weight is 345 g/mol. The lowest BCUT2D eigenvalue weighted by Crippen LogP contribution is -2.31. The SMILES string of the molecule is CCc1nc(NC(=O)Cn2cccc(C(F)(F)F)c2=O)sc1C. The molecule has 2 heterocycles. The van der Waals surface area contributed by atoms with Gasteiger partial charge in [-0.2, -0.15) is 13.2 Å². The lowest BCUT2D eigenvalue weighted by atomic mass is 10.2. The molecule has 2 rings (SSSR count). The van der Waals surface area contributed by atoms with Gasteiger partial charge in [-0.25, -0.2) is 4.98 Å². The Labute approximate surface area is 133 Å². The number of rotatable bonds is 4. The maximum absolute atomic E-state index is 12.7. The van der Waals surface area contributed by atoms with E-state index >= 15 is 0 Å². The van der Waals surface area contributed by atoms with Crippen molar-refractivity contribution >= 4 is 22.4 Å². The standard InChI is InChI=1S/C14H14F3N3O2S/c1-3-10-8(2)23-13(18-10)19-11(21)7-20-6-4-5-9(12(20)22)14(15,16)17/h4-6H,3,7H2,1-2H3,(H,18,19,21). The molecule has 0 aromatic carbocycles. The molecule has 0 aliphatic rings. The molecule has 0 spiro atoms. The summed E-state index contributed by atoms with van der Waals surface area (Å²) in [7, 11) is 0. The van der Waals surface area contributed by atoms with E-state index < -0.39 is 29.8 Å². The van der Waals surface area contributed by atoms with Gasteiger partial charge in [0.05, 0.1) is 5.69 Å². The number of halogens is 3. The Bertz CT molecular complexity index is 780. The predicted octanol–water partition coefficient (Wildman–Crippen LogP) is 2.83. The monoisotopic (exact) mass is 345 g/mol. The second-order valence-electron chi connectivity index (χ2n) is 4.78. The van der Waals surface area contributed by atoms with Crippen LogP contribution in [0.25, 0.3) is 0 Å². The lowest BCUT2D eigenvalue weighted by Gasteiger charge is -2.09. The van der Waals surface area contributed by atoms with Crippen LogP contribution in [0.3, 0.4) is 0 Å². The molecule has 0 saturated carbocycles. The molecule has 1 N–H and O–H groups in total. The molecule has 2 aromatic heterocycles. The second-order valence-corrected chi connectivity index (χ2v) is 5.98. The Balaban J connectivity index is 2.16. The largest absolute Gasteiger partial charge is 0.421 e. The van der Waals surface area contributed by atoms with Gasteiger partial charge in [-0.3, -0.25) is 9.59 Å². The normalized spacial score (nSPS) is 11.5. The third kappa shape index (κ3) is 3.98. The number of nitrogens with zero attached hydrogens (tertiary/aromatic N) is 2. The molecule has 23 heavy (non-hydrogen) atoms. The van der Waals surface area contributed by atoms with Crippen LogP contribution in [0.1, 0.15) is 23.1 Å². The summed E-state index contributed by atoms with van der Waals surface area (Å²) in [5.41, 5.74) is -1.70. The minimum atomic E-state index is -4.75. The molecule has 0 saturated heterocycles. The van der Waals surface area contributed by atoms with Crippen LogP contribution in [-0.4, -0.2) is 15.5 Å². The fourth-order valence-electron chi connectivity index (χ4n) is 2.00. The maximum atomic E-state index is 12.7. The summed E-state index contributed by atoms with van der Waals surface area (Å²) in [5.74, 6) is -0.608. The van der Waals surface area contributed by atoms with Gasteiger partial charge in [0.25, 0.3) is 5.56 Å². The number of aryl methyl sites for hydroxylation is 2. The number of amides is 1. The number of carbonyl (C=O) groups excluding carboxylic acids is 1. The van der Waals surface area contributed by atoms with Crippen LogP contribution in [0.4, 0.5) is 18.3 Å². The minimum Gasteiger partial charge on any atom is -0.306 e. The summed E-state index contributed by atoms with van der Waals surface area (Å²) in [6, 6.07) is 1.77. The van der Waals surface area contributed by atoms with Crippen molar-refractivity contribution in [3.63, 3.8) is 0 Å². The van der Waals surface area contributed by atoms with Gasteiger partial charge in [0, 0.05) is 11.1 Å². The van der Waals surface area contributed by atoms with Crippen molar-refractivity contribution in [2.75, 3.05) is 5.32 Å². The van der Waals surface area contributed by atoms with Gasteiger partial charge in [-0.15, -0.1) is 11.3 Å². The Hall–Kier alpha value is -2.16. The van der Waals surface area contributed by atoms with E-state index in [-0.39, 0.29) is 0 Å². The third-order valence-electron chi connectivity index (χ3n) is 3.11. The Morgan fingerprint density at radius 2 is 2.13 bits per heavy atom. The van der Waals surface area contributed by atoms with E-state index in [4.69, 9.17) is 0 Å². The molecule has 5 nitrogen and oxygen atoms in total. The van der Waals surface area contributed by atoms with Crippen LogP contribution in [0.15, 0.2) is 23.1 Å². The van der Waals surface area contributed by atoms with Crippen LogP contribution in [-0.2, 0) is 23.9 Å². The van der Waals surface area contributed by atoms with E-state index in [1.54, 1.807) is 0 Å². The van der Waals surface area contributed by atoms with Crippen molar-refractivity contribution in [1.82, 2.24) is 9.55 Å². The molecular formula is C14H14F3N3O2S. The minimum absolute atomic E-state index is 0.365. The molecule has 0 fully saturated rings. The van der Waals surface area contributed by atoms with Crippen molar-refractivity contribution in [3.05, 3.63) is 44.8 Å². The number of thiazole rings is 1. The van der Waals surface area contributed by atoms with E-state index in [2.05, 4.69) is 10.3 Å². The van der Waals surface area contributed by atoms with Gasteiger partial charge in [-0.1, -0.05) is 6.92 Å². The highest BCUT2D eigenvalue weighted by Gasteiger charge is 2.34. The summed E-state index contributed by atoms with van der Waals surface area (Å²) < 4.78 is 38.8. The number of nitrogens with one attached hydrogen (secondary N) is 1. The fourth-order valence-corrected chi connectivity index (χ4v) is 2.92. The molecule has 1 amide bonds. The highest BCUT2D eigenvalue weighted by molar-refractivity contribution is 7.15. The summed E-state index contributed by atoms with van der Waals surface area (Å²) in [4.78, 5) is 28.8. The predicted molar refractivity (Wildman–Crippen MR) is 80.6 cm³/mol. The highest BCUT2D eigenvalue weighted by Crippen LogP contribution is 2.26. The Kier molecular flexibility index (Phi) is 4.88. The zero-order valence-electron chi connectivity index (χ0n) is 12.4. The number of hydrogen-bond acceptors (Lipinski definition) is 4. The van der Waals surface area contributed by atoms with E-state index in [1.807, 2.05) is 13.8 Å². The van der Waals surface area contributed by atoms with E-state index in [9.17, 15) is 22.8 Å². The van der Waals surface area contributed by atoms with E-state index in [0.29, 0.717) is 17.6 Å². The zero-order valence-corrected chi connectivity index (χ0v) is 13.2. The van der Waals surface area contributed by atoms with Crippen LogP contribution in [0, 0.1) is 6.92 Å². The van der Waals surface area contributed by atoms with E-state index in [0.717, 1.165) is 27.4 Å². The average Bonchev–Trinajstić information content (AvgIpc) is 2.79. The van der Waals surface area contributed by atoms with Gasteiger partial charge < -0.3 is 9.88 Å². The van der Waals surface area contributed by atoms with Gasteiger partial charge in [-0.05, 0) is 25.5 Å². The number of pyridine rings is 1. The topological polar surface area (TPSA) is 64.0 Å². The number of hydrogen-bond donors (Lipinski definition) is 1. The van der Waals surface area contributed by atoms with Crippen molar-refractivity contribution in [2.24, 2.45) is 0 Å². The number of aromatic nitrogens is 2. The Morgan fingerprint density at radius 3 is 2.70 bits per heavy atom. The first-order valence-corrected chi connectivity index (χ1v) is 7.56. The summed E-state index contributed by atoms with van der Waals surface area (Å²) in [5, 5.41) is 2.86. The molecule has 0 radical (unpaired) electrons. The summed E-state index contributed by atoms with van der Waals surface area (Å²) >= 11 is 1.28. The molecular weight excluding hydrogens is 331 g/mol. The van der Waals surface area contributed by atoms with Crippen molar-refractivity contribution < 1.29 is 18.0 Å². The number of anilines is 1. The second kappa shape index (κ2) is 6.53. The van der Waals surface area contributed by atoms with Crippen molar-refractivity contribution in [1.29, 1.82) is 0 Å². The first-order valence-electron chi connectivity index (χ1n) is 6.75. The first-order chi connectivity index (χ1) is 10.7. The fraction of sp³-hybridized carbons (Fsp3) is 0.357. The molecule has 9 heteroatoms. The van der Waals surface area contributed by atoms with Crippen LogP contribution >= 0.6 is 11.3 Å². The van der Waals surface area contributed by atoms with Gasteiger partial charge in [0.15, 0.2) is 5.13 Å². The summed E-state index contributed by atoms with van der Waals surface area (Å²) in [6.45, 7) is 3.28. The first kappa shape index (κ1) is 17.2. The van der Waals surface area contributed by atoms with Gasteiger partial charge in [0.1, 0.15) is 12.1 Å². The number of carbonyl (C=O) groups is 1. The zero-order chi connectivity index (χ0) is 17.2. The molecule has 0 aliphatic carbocycles. The van der Waals surface area contributed by atoms with Gasteiger partial charge in [0.2, 0.25) is 5.91 Å². The Morgan fingerprint density at radius 1 is 1.43 bits per heavy atom. The quantitative estimate of drug-likeness (QED) is 0.927. The third-order valence-corrected chi connectivity index (χ3v) is 4.04. The maximum Gasteiger partial charge on any atom is 0.421 e. The van der Waals surface area contributed by atoms with Crippen molar-refractivity contribution in [2.45, 2.75) is 33.0 Å². The number of alkyl halides is 3. The van der Waals surface area contributed by atoms with Crippen molar-refractivity contribution in [3.8, 4) is 0 Å². The molecule has 0 atom stereocenters. The van der Waals surface area contributed by atoms with Crippen LogP contribution in [0.5, 0.6) is 0 Å². The van der Waals surface area contributed by atoms with Crippen LogP contribution in [0.2, 0.25) is 0 Å². The smallest absolute Gasteiger partial charge is 0.306 e. The highest BCUT2D eigenvalue weighted by atomic mass is 32.1. The van der Waals surface area contributed by atoms with Gasteiger partial charge >= 0.3 is 6.18 Å². The molecule has 0 aliphatic heterocycles. The van der Waals surface area contributed by atoms with Crippen LogP contribution < -0.4 is 10.9 Å². The van der Waals surface area contributed by atoms with E-state index in [1.165, 1.54) is 11.3 Å².